The Bertz CT molecular complexity index is 1760. The lowest BCUT2D eigenvalue weighted by Gasteiger charge is -2.13. The van der Waals surface area contributed by atoms with Gasteiger partial charge in [0.25, 0.3) is 5.91 Å². The van der Waals surface area contributed by atoms with Crippen molar-refractivity contribution in [1.29, 1.82) is 0 Å². The first-order chi connectivity index (χ1) is 18.1. The maximum absolute atomic E-state index is 13.5. The molecule has 0 atom stereocenters. The maximum atomic E-state index is 13.5. The Morgan fingerprint density at radius 1 is 0.730 bits per heavy atom. The third-order valence-electron chi connectivity index (χ3n) is 6.74. The predicted octanol–water partition coefficient (Wildman–Crippen LogP) is 6.91. The summed E-state index contributed by atoms with van der Waals surface area (Å²) in [4.78, 5) is 18.5. The van der Waals surface area contributed by atoms with E-state index in [9.17, 15) is 4.79 Å². The van der Waals surface area contributed by atoms with E-state index in [-0.39, 0.29) is 5.91 Å². The van der Waals surface area contributed by atoms with Crippen LogP contribution in [-0.2, 0) is 7.05 Å². The maximum Gasteiger partial charge on any atom is 0.256 e. The molecule has 180 valence electrons. The number of benzene rings is 4. The zero-order chi connectivity index (χ0) is 25.4. The Hall–Kier alpha value is -4.90. The molecule has 4 aromatic carbocycles. The first-order valence-electron chi connectivity index (χ1n) is 12.3. The van der Waals surface area contributed by atoms with Crippen molar-refractivity contribution in [2.24, 2.45) is 12.0 Å². The summed E-state index contributed by atoms with van der Waals surface area (Å²) in [6, 6.07) is 37.6. The van der Waals surface area contributed by atoms with Crippen LogP contribution in [0, 0.1) is 6.92 Å². The quantitative estimate of drug-likeness (QED) is 0.215. The summed E-state index contributed by atoms with van der Waals surface area (Å²) in [5, 5.41) is 3.17. The molecule has 2 aromatic heterocycles. The highest BCUT2D eigenvalue weighted by Crippen LogP contribution is 2.37. The first kappa shape index (κ1) is 22.6. The Morgan fingerprint density at radius 2 is 1.30 bits per heavy atom. The van der Waals surface area contributed by atoms with E-state index in [1.165, 1.54) is 0 Å². The summed E-state index contributed by atoms with van der Waals surface area (Å²) in [5.41, 5.74) is 8.63. The molecule has 5 heteroatoms. The number of hydrogen-bond donors (Lipinski definition) is 1. The van der Waals surface area contributed by atoms with Crippen LogP contribution in [0.3, 0.4) is 0 Å². The fourth-order valence-electron chi connectivity index (χ4n) is 5.09. The molecule has 6 rings (SSSR count). The second-order valence-electron chi connectivity index (χ2n) is 9.04. The van der Waals surface area contributed by atoms with Crippen LogP contribution in [0.2, 0.25) is 0 Å². The van der Waals surface area contributed by atoms with E-state index in [4.69, 9.17) is 4.99 Å². The molecule has 0 saturated heterocycles. The molecule has 37 heavy (non-hydrogen) atoms. The summed E-state index contributed by atoms with van der Waals surface area (Å²) in [6.07, 6.45) is 0. The van der Waals surface area contributed by atoms with Gasteiger partial charge < -0.3 is 9.88 Å². The average molecular weight is 483 g/mol. The van der Waals surface area contributed by atoms with Gasteiger partial charge in [-0.1, -0.05) is 78.9 Å². The van der Waals surface area contributed by atoms with Gasteiger partial charge in [0.2, 0.25) is 0 Å². The number of amides is 1. The highest BCUT2D eigenvalue weighted by Gasteiger charge is 2.26. The van der Waals surface area contributed by atoms with Crippen LogP contribution >= 0.6 is 0 Å². The summed E-state index contributed by atoms with van der Waals surface area (Å²) >= 11 is 0. The Morgan fingerprint density at radius 3 is 1.97 bits per heavy atom. The number of nitrogens with zero attached hydrogens (tertiary/aromatic N) is 3. The molecule has 0 aliphatic heterocycles. The van der Waals surface area contributed by atoms with Crippen molar-refractivity contribution >= 4 is 34.1 Å². The lowest BCUT2D eigenvalue weighted by molar-refractivity contribution is 0.0977. The van der Waals surface area contributed by atoms with Gasteiger partial charge in [-0.3, -0.25) is 9.20 Å². The van der Waals surface area contributed by atoms with Gasteiger partial charge in [0.1, 0.15) is 5.65 Å². The van der Waals surface area contributed by atoms with E-state index in [1.807, 2.05) is 91.0 Å². The van der Waals surface area contributed by atoms with Gasteiger partial charge >= 0.3 is 0 Å². The number of imidazole rings is 1. The molecule has 0 bridgehead atoms. The Balaban J connectivity index is 1.69. The molecule has 0 aliphatic rings. The molecular weight excluding hydrogens is 456 g/mol. The minimum absolute atomic E-state index is 0.206. The summed E-state index contributed by atoms with van der Waals surface area (Å²) < 4.78 is 4.43. The van der Waals surface area contributed by atoms with Crippen LogP contribution < -0.4 is 5.32 Å². The zero-order valence-corrected chi connectivity index (χ0v) is 20.7. The molecule has 0 aliphatic carbocycles. The largest absolute Gasteiger partial charge is 0.329 e. The van der Waals surface area contributed by atoms with Crippen LogP contribution in [-0.4, -0.2) is 20.7 Å². The third-order valence-corrected chi connectivity index (χ3v) is 6.74. The highest BCUT2D eigenvalue weighted by molar-refractivity contribution is 6.17. The molecule has 6 aromatic rings. The van der Waals surface area contributed by atoms with E-state index in [0.717, 1.165) is 44.8 Å². The topological polar surface area (TPSA) is 50.8 Å². The minimum Gasteiger partial charge on any atom is -0.329 e. The summed E-state index contributed by atoms with van der Waals surface area (Å²) in [5.74, 6) is 0.292. The number of aliphatic imine (C=N–C) groups is 1. The van der Waals surface area contributed by atoms with Gasteiger partial charge in [-0.15, -0.1) is 0 Å². The van der Waals surface area contributed by atoms with Crippen molar-refractivity contribution in [2.45, 2.75) is 6.92 Å². The SMILES string of the molecule is Cc1c(-c2ccccc2)c(C(=Nc2ccccc2)NC(=O)c2ccccc2)n2c3ccccc3n(C)c12. The molecule has 0 radical (unpaired) electrons. The van der Waals surface area contributed by atoms with Crippen molar-refractivity contribution in [2.75, 3.05) is 0 Å². The zero-order valence-electron chi connectivity index (χ0n) is 20.7. The normalized spacial score (nSPS) is 11.8. The lowest BCUT2D eigenvalue weighted by atomic mass is 10.0. The van der Waals surface area contributed by atoms with Crippen molar-refractivity contribution in [1.82, 2.24) is 14.3 Å². The molecular formula is C32H26N4O. The third kappa shape index (κ3) is 3.91. The molecule has 1 N–H and O–H groups in total. The second kappa shape index (κ2) is 9.28. The van der Waals surface area contributed by atoms with Crippen LogP contribution in [0.1, 0.15) is 21.6 Å². The Kier molecular flexibility index (Phi) is 5.66. The summed E-state index contributed by atoms with van der Waals surface area (Å²) in [6.45, 7) is 2.14. The van der Waals surface area contributed by atoms with Crippen LogP contribution in [0.25, 0.3) is 27.8 Å². The number of amidine groups is 1. The Labute approximate surface area is 215 Å². The minimum atomic E-state index is -0.206. The van der Waals surface area contributed by atoms with Gasteiger partial charge in [-0.2, -0.15) is 0 Å². The van der Waals surface area contributed by atoms with Crippen LogP contribution in [0.15, 0.2) is 120 Å². The van der Waals surface area contributed by atoms with Crippen molar-refractivity contribution < 1.29 is 4.79 Å². The number of aromatic nitrogens is 2. The number of aryl methyl sites for hydroxylation is 2. The average Bonchev–Trinajstić information content (AvgIpc) is 3.42. The number of hydrogen-bond acceptors (Lipinski definition) is 2. The number of para-hydroxylation sites is 3. The molecule has 1 amide bonds. The van der Waals surface area contributed by atoms with Gasteiger partial charge in [0.15, 0.2) is 5.84 Å². The molecule has 0 unspecified atom stereocenters. The van der Waals surface area contributed by atoms with Gasteiger partial charge in [-0.25, -0.2) is 4.99 Å². The van der Waals surface area contributed by atoms with E-state index in [1.54, 1.807) is 0 Å². The molecule has 0 saturated carbocycles. The fourth-order valence-corrected chi connectivity index (χ4v) is 5.09. The van der Waals surface area contributed by atoms with Crippen molar-refractivity contribution in [3.63, 3.8) is 0 Å². The fraction of sp³-hybridized carbons (Fsp3) is 0.0625. The molecule has 5 nitrogen and oxygen atoms in total. The second-order valence-corrected chi connectivity index (χ2v) is 9.04. The lowest BCUT2D eigenvalue weighted by Crippen LogP contribution is -2.32. The number of nitrogens with one attached hydrogen (secondary N) is 1. The highest BCUT2D eigenvalue weighted by atomic mass is 16.1. The smallest absolute Gasteiger partial charge is 0.256 e. The van der Waals surface area contributed by atoms with Gasteiger partial charge in [0, 0.05) is 23.7 Å². The van der Waals surface area contributed by atoms with Crippen molar-refractivity contribution in [3.8, 4) is 11.1 Å². The molecule has 0 fully saturated rings. The number of carbonyl (C=O) groups excluding carboxylic acids is 1. The van der Waals surface area contributed by atoms with E-state index < -0.39 is 0 Å². The molecule has 2 heterocycles. The van der Waals surface area contributed by atoms with Crippen LogP contribution in [0.5, 0.6) is 0 Å². The number of fused-ring (bicyclic) bond motifs is 3. The van der Waals surface area contributed by atoms with Gasteiger partial charge in [0.05, 0.1) is 22.4 Å². The van der Waals surface area contributed by atoms with E-state index in [2.05, 4.69) is 52.5 Å². The number of carbonyl (C=O) groups is 1. The van der Waals surface area contributed by atoms with Crippen LogP contribution in [0.4, 0.5) is 5.69 Å². The summed E-state index contributed by atoms with van der Waals surface area (Å²) in [7, 11) is 2.08. The van der Waals surface area contributed by atoms with Crippen molar-refractivity contribution in [3.05, 3.63) is 132 Å². The van der Waals surface area contributed by atoms with E-state index in [0.29, 0.717) is 11.4 Å². The molecule has 0 spiro atoms. The predicted molar refractivity (Wildman–Crippen MR) is 151 cm³/mol. The standard InChI is InChI=1S/C32H26N4O/c1-22-28(23-14-6-3-7-15-23)29(36-27-21-13-12-20-26(27)35(2)32(22)36)30(33-25-18-10-5-11-19-25)34-31(37)24-16-8-4-9-17-24/h3-21H,1-2H3,(H,33,34,37). The van der Waals surface area contributed by atoms with E-state index >= 15 is 0 Å². The van der Waals surface area contributed by atoms with Gasteiger partial charge in [-0.05, 0) is 48.9 Å². The number of rotatable bonds is 4. The monoisotopic (exact) mass is 482 g/mol. The first-order valence-corrected chi connectivity index (χ1v) is 12.3.